The van der Waals surface area contributed by atoms with Gasteiger partial charge < -0.3 is 20.9 Å². The molecule has 2 amide bonds. The largest absolute Gasteiger partial charge is 0.483 e. The van der Waals surface area contributed by atoms with E-state index < -0.39 is 5.91 Å². The van der Waals surface area contributed by atoms with Gasteiger partial charge in [0.1, 0.15) is 5.75 Å². The summed E-state index contributed by atoms with van der Waals surface area (Å²) < 4.78 is 5.36. The van der Waals surface area contributed by atoms with Crippen molar-refractivity contribution in [2.45, 2.75) is 25.3 Å². The Balaban J connectivity index is 1.88. The van der Waals surface area contributed by atoms with E-state index in [2.05, 4.69) is 5.32 Å². The van der Waals surface area contributed by atoms with Gasteiger partial charge in [0.25, 0.3) is 11.8 Å². The SMILES string of the molecule is NC(=O)c1ccccc1OCC(=O)NC1CCCC1CO. The number of carbonyl (C=O) groups excluding carboxylic acids is 2. The lowest BCUT2D eigenvalue weighted by atomic mass is 10.1. The average molecular weight is 292 g/mol. The number of aliphatic hydroxyl groups excluding tert-OH is 1. The van der Waals surface area contributed by atoms with Crippen LogP contribution in [0.5, 0.6) is 5.75 Å². The minimum atomic E-state index is -0.595. The molecule has 1 aliphatic carbocycles. The molecule has 114 valence electrons. The summed E-state index contributed by atoms with van der Waals surface area (Å²) in [6.45, 7) is -0.102. The molecule has 1 aliphatic rings. The monoisotopic (exact) mass is 292 g/mol. The number of ether oxygens (including phenoxy) is 1. The van der Waals surface area contributed by atoms with E-state index in [4.69, 9.17) is 10.5 Å². The third-order valence-electron chi connectivity index (χ3n) is 3.75. The molecule has 21 heavy (non-hydrogen) atoms. The Kier molecular flexibility index (Phi) is 5.16. The van der Waals surface area contributed by atoms with Gasteiger partial charge in [-0.3, -0.25) is 9.59 Å². The highest BCUT2D eigenvalue weighted by Crippen LogP contribution is 2.25. The van der Waals surface area contributed by atoms with Crippen molar-refractivity contribution in [3.63, 3.8) is 0 Å². The lowest BCUT2D eigenvalue weighted by molar-refractivity contribution is -0.124. The minimum absolute atomic E-state index is 0.00233. The fourth-order valence-electron chi connectivity index (χ4n) is 2.63. The molecule has 1 aromatic carbocycles. The highest BCUT2D eigenvalue weighted by Gasteiger charge is 2.27. The predicted molar refractivity (Wildman–Crippen MR) is 76.8 cm³/mol. The molecule has 6 nitrogen and oxygen atoms in total. The number of rotatable bonds is 6. The molecule has 0 spiro atoms. The summed E-state index contributed by atoms with van der Waals surface area (Å²) >= 11 is 0. The molecule has 0 aromatic heterocycles. The smallest absolute Gasteiger partial charge is 0.258 e. The quantitative estimate of drug-likeness (QED) is 0.708. The van der Waals surface area contributed by atoms with Gasteiger partial charge >= 0.3 is 0 Å². The van der Waals surface area contributed by atoms with Crippen molar-refractivity contribution in [2.24, 2.45) is 11.7 Å². The topological polar surface area (TPSA) is 102 Å². The normalized spacial score (nSPS) is 21.0. The van der Waals surface area contributed by atoms with Crippen LogP contribution in [0, 0.1) is 5.92 Å². The van der Waals surface area contributed by atoms with Crippen molar-refractivity contribution in [3.8, 4) is 5.75 Å². The van der Waals surface area contributed by atoms with E-state index in [1.54, 1.807) is 24.3 Å². The van der Waals surface area contributed by atoms with Gasteiger partial charge in [-0.15, -0.1) is 0 Å². The second-order valence-electron chi connectivity index (χ2n) is 5.20. The van der Waals surface area contributed by atoms with Crippen molar-refractivity contribution >= 4 is 11.8 Å². The van der Waals surface area contributed by atoms with Gasteiger partial charge in [-0.05, 0) is 25.0 Å². The van der Waals surface area contributed by atoms with Crippen LogP contribution >= 0.6 is 0 Å². The first-order chi connectivity index (χ1) is 10.1. The summed E-state index contributed by atoms with van der Waals surface area (Å²) in [5.74, 6) is -0.445. The maximum Gasteiger partial charge on any atom is 0.258 e. The standard InChI is InChI=1S/C15H20N2O4/c16-15(20)11-5-1-2-7-13(11)21-9-14(19)17-12-6-3-4-10(12)8-18/h1-2,5,7,10,12,18H,3-4,6,8-9H2,(H2,16,20)(H,17,19). The van der Waals surface area contributed by atoms with Gasteiger partial charge in [0.05, 0.1) is 5.56 Å². The number of amides is 2. The molecule has 0 heterocycles. The van der Waals surface area contributed by atoms with E-state index in [0.717, 1.165) is 19.3 Å². The van der Waals surface area contributed by atoms with Crippen LogP contribution in [-0.2, 0) is 4.79 Å². The summed E-state index contributed by atoms with van der Waals surface area (Å²) in [4.78, 5) is 23.1. The molecule has 4 N–H and O–H groups in total. The summed E-state index contributed by atoms with van der Waals surface area (Å²) in [6.07, 6.45) is 2.79. The number of hydrogen-bond donors (Lipinski definition) is 3. The van der Waals surface area contributed by atoms with Crippen LogP contribution in [0.4, 0.5) is 0 Å². The molecular formula is C15H20N2O4. The number of hydrogen-bond acceptors (Lipinski definition) is 4. The van der Waals surface area contributed by atoms with Crippen LogP contribution < -0.4 is 15.8 Å². The third kappa shape index (κ3) is 3.95. The van der Waals surface area contributed by atoms with E-state index in [1.807, 2.05) is 0 Å². The molecule has 6 heteroatoms. The first-order valence-corrected chi connectivity index (χ1v) is 7.03. The Bertz CT molecular complexity index is 518. The zero-order valence-corrected chi connectivity index (χ0v) is 11.7. The first-order valence-electron chi connectivity index (χ1n) is 7.03. The number of benzene rings is 1. The second-order valence-corrected chi connectivity index (χ2v) is 5.20. The number of primary amides is 1. The highest BCUT2D eigenvalue weighted by molar-refractivity contribution is 5.95. The molecule has 0 radical (unpaired) electrons. The van der Waals surface area contributed by atoms with Crippen LogP contribution in [-0.4, -0.2) is 36.2 Å². The Morgan fingerprint density at radius 1 is 1.33 bits per heavy atom. The van der Waals surface area contributed by atoms with E-state index in [0.29, 0.717) is 5.75 Å². The Morgan fingerprint density at radius 2 is 2.10 bits per heavy atom. The van der Waals surface area contributed by atoms with E-state index in [9.17, 15) is 14.7 Å². The second kappa shape index (κ2) is 7.08. The number of aliphatic hydroxyl groups is 1. The lowest BCUT2D eigenvalue weighted by Gasteiger charge is -2.19. The maximum atomic E-state index is 11.9. The van der Waals surface area contributed by atoms with Crippen molar-refractivity contribution < 1.29 is 19.4 Å². The molecule has 2 atom stereocenters. The Morgan fingerprint density at radius 3 is 2.81 bits per heavy atom. The fourth-order valence-corrected chi connectivity index (χ4v) is 2.63. The van der Waals surface area contributed by atoms with Gasteiger partial charge in [0.15, 0.2) is 6.61 Å². The van der Waals surface area contributed by atoms with E-state index >= 15 is 0 Å². The van der Waals surface area contributed by atoms with Gasteiger partial charge in [0.2, 0.25) is 0 Å². The summed E-state index contributed by atoms with van der Waals surface area (Å²) in [7, 11) is 0. The molecule has 0 aliphatic heterocycles. The van der Waals surface area contributed by atoms with Crippen molar-refractivity contribution in [1.82, 2.24) is 5.32 Å². The van der Waals surface area contributed by atoms with Crippen LogP contribution in [0.1, 0.15) is 29.6 Å². The highest BCUT2D eigenvalue weighted by atomic mass is 16.5. The zero-order valence-electron chi connectivity index (χ0n) is 11.7. The van der Waals surface area contributed by atoms with Crippen molar-refractivity contribution in [2.75, 3.05) is 13.2 Å². The molecule has 0 bridgehead atoms. The molecule has 1 saturated carbocycles. The molecular weight excluding hydrogens is 272 g/mol. The number of nitrogens with two attached hydrogens (primary N) is 1. The lowest BCUT2D eigenvalue weighted by Crippen LogP contribution is -2.41. The molecule has 1 fully saturated rings. The first kappa shape index (κ1) is 15.3. The van der Waals surface area contributed by atoms with Crippen LogP contribution in [0.2, 0.25) is 0 Å². The third-order valence-corrected chi connectivity index (χ3v) is 3.75. The number of carbonyl (C=O) groups is 2. The van der Waals surface area contributed by atoms with Crippen LogP contribution in [0.15, 0.2) is 24.3 Å². The van der Waals surface area contributed by atoms with Gasteiger partial charge in [0, 0.05) is 18.6 Å². The van der Waals surface area contributed by atoms with Gasteiger partial charge in [-0.25, -0.2) is 0 Å². The average Bonchev–Trinajstić information content (AvgIpc) is 2.92. The number of nitrogens with one attached hydrogen (secondary N) is 1. The van der Waals surface area contributed by atoms with Crippen molar-refractivity contribution in [3.05, 3.63) is 29.8 Å². The van der Waals surface area contributed by atoms with Gasteiger partial charge in [-0.2, -0.15) is 0 Å². The van der Waals surface area contributed by atoms with Crippen molar-refractivity contribution in [1.29, 1.82) is 0 Å². The van der Waals surface area contributed by atoms with E-state index in [-0.39, 0.29) is 36.6 Å². The fraction of sp³-hybridized carbons (Fsp3) is 0.467. The molecule has 0 saturated heterocycles. The zero-order chi connectivity index (χ0) is 15.2. The maximum absolute atomic E-state index is 11.9. The summed E-state index contributed by atoms with van der Waals surface area (Å²) in [5, 5.41) is 12.1. The summed E-state index contributed by atoms with van der Waals surface area (Å²) in [6, 6.07) is 6.53. The predicted octanol–water partition coefficient (Wildman–Crippen LogP) is 0.441. The molecule has 1 aromatic rings. The number of para-hydroxylation sites is 1. The Hall–Kier alpha value is -2.08. The molecule has 2 rings (SSSR count). The van der Waals surface area contributed by atoms with Crippen LogP contribution in [0.25, 0.3) is 0 Å². The Labute approximate surface area is 123 Å². The van der Waals surface area contributed by atoms with E-state index in [1.165, 1.54) is 0 Å². The molecule has 2 unspecified atom stereocenters. The van der Waals surface area contributed by atoms with Gasteiger partial charge in [-0.1, -0.05) is 18.6 Å². The minimum Gasteiger partial charge on any atom is -0.483 e. The summed E-state index contributed by atoms with van der Waals surface area (Å²) in [5.41, 5.74) is 5.49. The van der Waals surface area contributed by atoms with Crippen LogP contribution in [0.3, 0.4) is 0 Å².